The smallest absolute Gasteiger partial charge is 0.277 e. The van der Waals surface area contributed by atoms with E-state index in [1.807, 2.05) is 60.7 Å². The molecule has 4 rings (SSSR count). The number of rotatable bonds is 3. The number of aromatic amines is 1. The number of nitrogens with one attached hydrogen (secondary N) is 1. The van der Waals surface area contributed by atoms with E-state index in [1.54, 1.807) is 4.90 Å². The molecule has 0 spiro atoms. The minimum absolute atomic E-state index is 0.178. The third-order valence-corrected chi connectivity index (χ3v) is 4.95. The molecule has 3 aromatic rings. The molecule has 1 saturated heterocycles. The molecule has 2 heterocycles. The summed E-state index contributed by atoms with van der Waals surface area (Å²) in [7, 11) is 0. The predicted octanol–water partition coefficient (Wildman–Crippen LogP) is 3.73. The van der Waals surface area contributed by atoms with E-state index in [2.05, 4.69) is 10.2 Å². The van der Waals surface area contributed by atoms with E-state index in [-0.39, 0.29) is 11.5 Å². The summed E-state index contributed by atoms with van der Waals surface area (Å²) in [5, 5.41) is 6.85. The fraction of sp³-hybridized carbons (Fsp3) is 0.227. The molecule has 0 atom stereocenters. The number of carbonyl (C=O) groups is 1. The molecule has 1 fully saturated rings. The first-order valence-corrected chi connectivity index (χ1v) is 9.28. The second-order valence-corrected chi connectivity index (χ2v) is 6.74. The molecule has 0 bridgehead atoms. The van der Waals surface area contributed by atoms with Gasteiger partial charge in [0.25, 0.3) is 11.5 Å². The molecule has 0 saturated carbocycles. The van der Waals surface area contributed by atoms with Gasteiger partial charge in [0, 0.05) is 24.2 Å². The molecule has 2 aromatic carbocycles. The third-order valence-electron chi connectivity index (χ3n) is 4.95. The summed E-state index contributed by atoms with van der Waals surface area (Å²) < 4.78 is 0. The monoisotopic (exact) mass is 359 g/mol. The molecule has 1 aliphatic rings. The Morgan fingerprint density at radius 2 is 1.44 bits per heavy atom. The molecule has 1 aliphatic heterocycles. The van der Waals surface area contributed by atoms with Crippen molar-refractivity contribution in [2.75, 3.05) is 13.1 Å². The van der Waals surface area contributed by atoms with Gasteiger partial charge in [0.15, 0.2) is 0 Å². The molecule has 0 radical (unpaired) electrons. The average molecular weight is 359 g/mol. The number of hydrogen-bond donors (Lipinski definition) is 1. The lowest BCUT2D eigenvalue weighted by Gasteiger charge is -2.27. The molecular weight excluding hydrogens is 338 g/mol. The molecule has 1 N–H and O–H groups in total. The number of amides is 1. The zero-order chi connectivity index (χ0) is 18.6. The summed E-state index contributed by atoms with van der Waals surface area (Å²) in [5.74, 6) is -0.214. The number of piperidine rings is 1. The highest BCUT2D eigenvalue weighted by molar-refractivity contribution is 6.03. The largest absolute Gasteiger partial charge is 0.338 e. The quantitative estimate of drug-likeness (QED) is 0.775. The summed E-state index contributed by atoms with van der Waals surface area (Å²) in [6.45, 7) is 1.38. The highest BCUT2D eigenvalue weighted by atomic mass is 16.2. The second-order valence-electron chi connectivity index (χ2n) is 6.74. The van der Waals surface area contributed by atoms with Crippen LogP contribution < -0.4 is 5.56 Å². The van der Waals surface area contributed by atoms with Gasteiger partial charge in [-0.2, -0.15) is 5.10 Å². The van der Waals surface area contributed by atoms with Gasteiger partial charge in [0.05, 0.1) is 5.69 Å². The molecule has 5 heteroatoms. The third kappa shape index (κ3) is 3.40. The average Bonchev–Trinajstić information content (AvgIpc) is 2.75. The van der Waals surface area contributed by atoms with Gasteiger partial charge in [-0.1, -0.05) is 60.7 Å². The van der Waals surface area contributed by atoms with Gasteiger partial charge in [0.1, 0.15) is 5.56 Å². The fourth-order valence-corrected chi connectivity index (χ4v) is 3.60. The summed E-state index contributed by atoms with van der Waals surface area (Å²) in [5.41, 5.74) is 2.62. The lowest BCUT2D eigenvalue weighted by atomic mass is 9.94. The molecule has 1 amide bonds. The van der Waals surface area contributed by atoms with Gasteiger partial charge >= 0.3 is 0 Å². The molecule has 0 aliphatic carbocycles. The van der Waals surface area contributed by atoms with Gasteiger partial charge in [-0.25, -0.2) is 5.10 Å². The number of nitrogens with zero attached hydrogens (tertiary/aromatic N) is 2. The Hall–Kier alpha value is -3.21. The number of carbonyl (C=O) groups excluding carboxylic acids is 1. The van der Waals surface area contributed by atoms with Crippen molar-refractivity contribution < 1.29 is 4.79 Å². The molecule has 1 aromatic heterocycles. The minimum atomic E-state index is -0.441. The maximum absolute atomic E-state index is 13.3. The van der Waals surface area contributed by atoms with Crippen molar-refractivity contribution in [1.82, 2.24) is 15.1 Å². The summed E-state index contributed by atoms with van der Waals surface area (Å²) in [6.07, 6.45) is 3.07. The van der Waals surface area contributed by atoms with E-state index < -0.39 is 5.56 Å². The minimum Gasteiger partial charge on any atom is -0.338 e. The number of hydrogen-bond acceptors (Lipinski definition) is 3. The van der Waals surface area contributed by atoms with E-state index in [4.69, 9.17) is 0 Å². The Kier molecular flexibility index (Phi) is 4.83. The maximum atomic E-state index is 13.3. The summed E-state index contributed by atoms with van der Waals surface area (Å²) in [6, 6.07) is 19.2. The van der Waals surface area contributed by atoms with Crippen LogP contribution in [0, 0.1) is 0 Å². The van der Waals surface area contributed by atoms with Crippen molar-refractivity contribution in [2.24, 2.45) is 0 Å². The molecule has 27 heavy (non-hydrogen) atoms. The van der Waals surface area contributed by atoms with Crippen molar-refractivity contribution in [3.05, 3.63) is 76.6 Å². The van der Waals surface area contributed by atoms with Crippen LogP contribution in [0.15, 0.2) is 65.5 Å². The van der Waals surface area contributed by atoms with Crippen LogP contribution >= 0.6 is 0 Å². The van der Waals surface area contributed by atoms with Crippen LogP contribution in [0.2, 0.25) is 0 Å². The van der Waals surface area contributed by atoms with Crippen molar-refractivity contribution in [1.29, 1.82) is 0 Å². The zero-order valence-corrected chi connectivity index (χ0v) is 15.0. The van der Waals surface area contributed by atoms with Crippen LogP contribution in [0.4, 0.5) is 0 Å². The van der Waals surface area contributed by atoms with Gasteiger partial charge in [-0.3, -0.25) is 9.59 Å². The van der Waals surface area contributed by atoms with Crippen LogP contribution in [0.5, 0.6) is 0 Å². The SMILES string of the molecule is O=C(c1c(-c2ccccc2)c(-c2ccccc2)n[nH]c1=O)N1CCCCC1. The topological polar surface area (TPSA) is 66.1 Å². The Bertz CT molecular complexity index is 991. The molecule has 5 nitrogen and oxygen atoms in total. The molecule has 136 valence electrons. The Balaban J connectivity index is 1.94. The van der Waals surface area contributed by atoms with Gasteiger partial charge < -0.3 is 4.90 Å². The standard InChI is InChI=1S/C22H21N3O2/c26-21-19(22(27)25-14-8-3-9-15-25)18(16-10-4-1-5-11-16)20(23-24-21)17-12-6-2-7-13-17/h1-2,4-7,10-13H,3,8-9,14-15H2,(H,24,26). The highest BCUT2D eigenvalue weighted by Crippen LogP contribution is 2.32. The lowest BCUT2D eigenvalue weighted by molar-refractivity contribution is 0.0723. The van der Waals surface area contributed by atoms with E-state index in [9.17, 15) is 9.59 Å². The van der Waals surface area contributed by atoms with E-state index in [0.717, 1.165) is 30.4 Å². The fourth-order valence-electron chi connectivity index (χ4n) is 3.60. The van der Waals surface area contributed by atoms with Crippen LogP contribution in [0.1, 0.15) is 29.6 Å². The predicted molar refractivity (Wildman–Crippen MR) is 105 cm³/mol. The first kappa shape index (κ1) is 17.2. The van der Waals surface area contributed by atoms with E-state index in [1.165, 1.54) is 0 Å². The molecular formula is C22H21N3O2. The van der Waals surface area contributed by atoms with E-state index in [0.29, 0.717) is 24.3 Å². The zero-order valence-electron chi connectivity index (χ0n) is 15.0. The first-order valence-electron chi connectivity index (χ1n) is 9.28. The Morgan fingerprint density at radius 3 is 2.07 bits per heavy atom. The van der Waals surface area contributed by atoms with Crippen LogP contribution in [0.25, 0.3) is 22.4 Å². The second kappa shape index (κ2) is 7.58. The Labute approximate surface area is 157 Å². The van der Waals surface area contributed by atoms with Gasteiger partial charge in [-0.05, 0) is 24.8 Å². The van der Waals surface area contributed by atoms with Crippen molar-refractivity contribution in [2.45, 2.75) is 19.3 Å². The first-order chi connectivity index (χ1) is 13.3. The van der Waals surface area contributed by atoms with E-state index >= 15 is 0 Å². The van der Waals surface area contributed by atoms with Crippen molar-refractivity contribution in [3.8, 4) is 22.4 Å². The lowest BCUT2D eigenvalue weighted by Crippen LogP contribution is -2.39. The van der Waals surface area contributed by atoms with Crippen LogP contribution in [-0.2, 0) is 0 Å². The maximum Gasteiger partial charge on any atom is 0.277 e. The van der Waals surface area contributed by atoms with Crippen LogP contribution in [0.3, 0.4) is 0 Å². The number of aromatic nitrogens is 2. The number of H-pyrrole nitrogens is 1. The highest BCUT2D eigenvalue weighted by Gasteiger charge is 2.27. The Morgan fingerprint density at radius 1 is 0.852 bits per heavy atom. The summed E-state index contributed by atoms with van der Waals surface area (Å²) in [4.78, 5) is 27.8. The number of likely N-dealkylation sites (tertiary alicyclic amines) is 1. The molecule has 0 unspecified atom stereocenters. The van der Waals surface area contributed by atoms with Crippen molar-refractivity contribution >= 4 is 5.91 Å². The summed E-state index contributed by atoms with van der Waals surface area (Å²) >= 11 is 0. The van der Waals surface area contributed by atoms with Gasteiger partial charge in [-0.15, -0.1) is 0 Å². The van der Waals surface area contributed by atoms with Crippen molar-refractivity contribution in [3.63, 3.8) is 0 Å². The van der Waals surface area contributed by atoms with Gasteiger partial charge in [0.2, 0.25) is 0 Å². The number of benzene rings is 2. The normalized spacial score (nSPS) is 14.1. The van der Waals surface area contributed by atoms with Crippen LogP contribution in [-0.4, -0.2) is 34.1 Å².